The Kier molecular flexibility index (Phi) is 5.01. The monoisotopic (exact) mass is 244 g/mol. The summed E-state index contributed by atoms with van der Waals surface area (Å²) >= 11 is 0. The summed E-state index contributed by atoms with van der Waals surface area (Å²) in [5, 5.41) is 8.70. The Labute approximate surface area is 105 Å². The molecule has 1 rings (SSSR count). The van der Waals surface area contributed by atoms with Gasteiger partial charge in [0.2, 0.25) is 0 Å². The first-order valence-electron chi connectivity index (χ1n) is 6.38. The molecule has 0 amide bonds. The number of hydrogen-bond donors (Lipinski definition) is 1. The molecule has 100 valence electrons. The summed E-state index contributed by atoms with van der Waals surface area (Å²) in [6, 6.07) is 0. The topological polar surface area (TPSA) is 47.9 Å². The lowest BCUT2D eigenvalue weighted by Crippen LogP contribution is -2.41. The van der Waals surface area contributed by atoms with Crippen LogP contribution in [0.1, 0.15) is 41.0 Å². The fourth-order valence-electron chi connectivity index (χ4n) is 1.77. The van der Waals surface area contributed by atoms with E-state index < -0.39 is 0 Å². The molecule has 1 N–H and O–H groups in total. The van der Waals surface area contributed by atoms with E-state index in [-0.39, 0.29) is 30.7 Å². The molecule has 0 saturated carbocycles. The van der Waals surface area contributed by atoms with Gasteiger partial charge in [-0.05, 0) is 27.7 Å². The second-order valence-corrected chi connectivity index (χ2v) is 5.59. The summed E-state index contributed by atoms with van der Waals surface area (Å²) in [4.78, 5) is 0. The molecule has 17 heavy (non-hydrogen) atoms. The van der Waals surface area contributed by atoms with Crippen molar-refractivity contribution >= 4 is 7.12 Å². The van der Waals surface area contributed by atoms with Crippen LogP contribution in [0.4, 0.5) is 0 Å². The quantitative estimate of drug-likeness (QED) is 0.572. The van der Waals surface area contributed by atoms with Crippen molar-refractivity contribution < 1.29 is 19.2 Å². The van der Waals surface area contributed by atoms with Gasteiger partial charge < -0.3 is 19.2 Å². The highest BCUT2D eigenvalue weighted by atomic mass is 16.7. The number of rotatable bonds is 6. The summed E-state index contributed by atoms with van der Waals surface area (Å²) < 4.78 is 17.3. The van der Waals surface area contributed by atoms with Crippen molar-refractivity contribution in [3.63, 3.8) is 0 Å². The van der Waals surface area contributed by atoms with E-state index >= 15 is 0 Å². The van der Waals surface area contributed by atoms with Gasteiger partial charge in [-0.1, -0.05) is 13.3 Å². The van der Waals surface area contributed by atoms with Gasteiger partial charge in [0.05, 0.1) is 24.4 Å². The maximum absolute atomic E-state index is 8.70. The molecule has 1 saturated heterocycles. The van der Waals surface area contributed by atoms with E-state index in [0.29, 0.717) is 13.2 Å². The van der Waals surface area contributed by atoms with E-state index in [2.05, 4.69) is 6.92 Å². The molecule has 5 heteroatoms. The molecule has 0 radical (unpaired) electrons. The summed E-state index contributed by atoms with van der Waals surface area (Å²) in [6.45, 7) is 11.3. The van der Waals surface area contributed by atoms with Crippen molar-refractivity contribution in [2.75, 3.05) is 19.8 Å². The highest BCUT2D eigenvalue weighted by Crippen LogP contribution is 2.40. The predicted octanol–water partition coefficient (Wildman–Crippen LogP) is 1.87. The SMILES string of the molecule is CCC(COCCO)B1OC(C)(C)C(C)(C)O1. The molecule has 0 spiro atoms. The number of hydrogen-bond acceptors (Lipinski definition) is 4. The summed E-state index contributed by atoms with van der Waals surface area (Å²) in [5.41, 5.74) is -0.579. The minimum atomic E-state index is -0.290. The van der Waals surface area contributed by atoms with Crippen molar-refractivity contribution in [1.82, 2.24) is 0 Å². The molecule has 1 aliphatic heterocycles. The highest BCUT2D eigenvalue weighted by molar-refractivity contribution is 6.47. The molecule has 0 aromatic rings. The second-order valence-electron chi connectivity index (χ2n) is 5.59. The van der Waals surface area contributed by atoms with Gasteiger partial charge in [0.15, 0.2) is 0 Å². The Morgan fingerprint density at radius 2 is 1.71 bits per heavy atom. The molecule has 1 fully saturated rings. The minimum absolute atomic E-state index is 0.0554. The lowest BCUT2D eigenvalue weighted by molar-refractivity contribution is 0.00578. The Bertz CT molecular complexity index is 227. The first-order chi connectivity index (χ1) is 7.84. The van der Waals surface area contributed by atoms with Gasteiger partial charge in [0.1, 0.15) is 0 Å². The average molecular weight is 244 g/mol. The lowest BCUT2D eigenvalue weighted by Gasteiger charge is -2.32. The molecule has 1 heterocycles. The minimum Gasteiger partial charge on any atom is -0.403 e. The van der Waals surface area contributed by atoms with Crippen LogP contribution in [0.5, 0.6) is 0 Å². The third-order valence-corrected chi connectivity index (χ3v) is 3.75. The van der Waals surface area contributed by atoms with Gasteiger partial charge in [-0.25, -0.2) is 0 Å². The molecule has 0 bridgehead atoms. The molecule has 4 nitrogen and oxygen atoms in total. The van der Waals surface area contributed by atoms with Crippen molar-refractivity contribution in [1.29, 1.82) is 0 Å². The Hall–Kier alpha value is -0.0951. The van der Waals surface area contributed by atoms with Crippen LogP contribution in [-0.2, 0) is 14.0 Å². The Balaban J connectivity index is 2.55. The van der Waals surface area contributed by atoms with Crippen molar-refractivity contribution in [3.8, 4) is 0 Å². The third-order valence-electron chi connectivity index (χ3n) is 3.75. The van der Waals surface area contributed by atoms with E-state index in [1.807, 2.05) is 27.7 Å². The van der Waals surface area contributed by atoms with Crippen LogP contribution in [0, 0.1) is 0 Å². The van der Waals surface area contributed by atoms with Gasteiger partial charge in [0.25, 0.3) is 0 Å². The molecule has 1 aliphatic rings. The molecule has 0 aromatic carbocycles. The second kappa shape index (κ2) is 5.70. The summed E-state index contributed by atoms with van der Waals surface area (Å²) in [7, 11) is -0.219. The summed E-state index contributed by atoms with van der Waals surface area (Å²) in [6.07, 6.45) is 0.933. The van der Waals surface area contributed by atoms with E-state index in [1.165, 1.54) is 0 Å². The summed E-state index contributed by atoms with van der Waals surface area (Å²) in [5.74, 6) is 0.211. The van der Waals surface area contributed by atoms with Gasteiger partial charge in [-0.2, -0.15) is 0 Å². The van der Waals surface area contributed by atoms with E-state index in [4.69, 9.17) is 19.2 Å². The van der Waals surface area contributed by atoms with Crippen LogP contribution in [0.2, 0.25) is 5.82 Å². The lowest BCUT2D eigenvalue weighted by atomic mass is 9.71. The molecular formula is C12H25BO4. The van der Waals surface area contributed by atoms with Crippen LogP contribution in [-0.4, -0.2) is 43.2 Å². The zero-order valence-electron chi connectivity index (χ0n) is 11.7. The van der Waals surface area contributed by atoms with E-state index in [9.17, 15) is 0 Å². The van der Waals surface area contributed by atoms with Crippen molar-refractivity contribution in [2.24, 2.45) is 0 Å². The van der Waals surface area contributed by atoms with Crippen LogP contribution in [0.25, 0.3) is 0 Å². The van der Waals surface area contributed by atoms with E-state index in [1.54, 1.807) is 0 Å². The third kappa shape index (κ3) is 3.44. The molecule has 1 unspecified atom stereocenters. The Morgan fingerprint density at radius 1 is 1.18 bits per heavy atom. The zero-order chi connectivity index (χ0) is 13.1. The fraction of sp³-hybridized carbons (Fsp3) is 1.00. The Morgan fingerprint density at radius 3 is 2.12 bits per heavy atom. The van der Waals surface area contributed by atoms with Gasteiger partial charge in [-0.3, -0.25) is 0 Å². The zero-order valence-corrected chi connectivity index (χ0v) is 11.7. The van der Waals surface area contributed by atoms with Gasteiger partial charge >= 0.3 is 7.12 Å². The van der Waals surface area contributed by atoms with E-state index in [0.717, 1.165) is 6.42 Å². The van der Waals surface area contributed by atoms with Gasteiger partial charge in [-0.15, -0.1) is 0 Å². The smallest absolute Gasteiger partial charge is 0.403 e. The number of ether oxygens (including phenoxy) is 1. The number of aliphatic hydroxyl groups is 1. The molecular weight excluding hydrogens is 219 g/mol. The number of aliphatic hydroxyl groups excluding tert-OH is 1. The van der Waals surface area contributed by atoms with Crippen molar-refractivity contribution in [2.45, 2.75) is 58.1 Å². The van der Waals surface area contributed by atoms with Gasteiger partial charge in [0, 0.05) is 12.4 Å². The normalized spacial score (nSPS) is 24.0. The standard InChI is InChI=1S/C12H25BO4/c1-6-10(9-15-8-7-14)13-16-11(2,3)12(4,5)17-13/h10,14H,6-9H2,1-5H3. The maximum Gasteiger partial charge on any atom is 0.463 e. The average Bonchev–Trinajstić information content (AvgIpc) is 2.43. The van der Waals surface area contributed by atoms with Crippen LogP contribution < -0.4 is 0 Å². The first-order valence-corrected chi connectivity index (χ1v) is 6.38. The molecule has 0 aliphatic carbocycles. The highest BCUT2D eigenvalue weighted by Gasteiger charge is 2.53. The van der Waals surface area contributed by atoms with Crippen LogP contribution >= 0.6 is 0 Å². The molecule has 0 aromatic heterocycles. The first kappa shape index (κ1) is 15.0. The maximum atomic E-state index is 8.70. The molecule has 1 atom stereocenters. The predicted molar refractivity (Wildman–Crippen MR) is 68.0 cm³/mol. The van der Waals surface area contributed by atoms with Crippen LogP contribution in [0.15, 0.2) is 0 Å². The van der Waals surface area contributed by atoms with Crippen molar-refractivity contribution in [3.05, 3.63) is 0 Å². The fourth-order valence-corrected chi connectivity index (χ4v) is 1.77. The largest absolute Gasteiger partial charge is 0.463 e. The van der Waals surface area contributed by atoms with Crippen LogP contribution in [0.3, 0.4) is 0 Å².